The number of hydrogen-bond acceptors (Lipinski definition) is 3. The van der Waals surface area contributed by atoms with Crippen molar-refractivity contribution in [2.24, 2.45) is 0 Å². The van der Waals surface area contributed by atoms with Crippen molar-refractivity contribution >= 4 is 0 Å². The van der Waals surface area contributed by atoms with Gasteiger partial charge in [0.1, 0.15) is 0 Å². The van der Waals surface area contributed by atoms with Gasteiger partial charge in [0.2, 0.25) is 0 Å². The maximum atomic E-state index is 8.32. The Morgan fingerprint density at radius 2 is 2.50 bits per heavy atom. The molecule has 3 heteroatoms. The van der Waals surface area contributed by atoms with Gasteiger partial charge in [0, 0.05) is 6.20 Å². The molecule has 1 aromatic rings. The molecule has 0 fully saturated rings. The van der Waals surface area contributed by atoms with Gasteiger partial charge in [0.05, 0.1) is 12.2 Å². The highest BCUT2D eigenvalue weighted by Gasteiger charge is 1.90. The van der Waals surface area contributed by atoms with Crippen LogP contribution < -0.4 is 5.48 Å². The fraction of sp³-hybridized carbons (Fsp3) is 0.286. The molecule has 0 aromatic carbocycles. The Labute approximate surface area is 59.7 Å². The largest absolute Gasteiger partial charge is 0.316 e. The molecule has 0 radical (unpaired) electrons. The van der Waals surface area contributed by atoms with E-state index in [-0.39, 0.29) is 0 Å². The fourth-order valence-electron chi connectivity index (χ4n) is 0.776. The Balaban J connectivity index is 2.75. The molecule has 0 unspecified atom stereocenters. The first-order valence-corrected chi connectivity index (χ1v) is 3.11. The lowest BCUT2D eigenvalue weighted by atomic mass is 10.2. The molecule has 0 aliphatic heterocycles. The van der Waals surface area contributed by atoms with E-state index in [0.29, 0.717) is 6.54 Å². The zero-order valence-corrected chi connectivity index (χ0v) is 5.83. The second-order valence-corrected chi connectivity index (χ2v) is 2.16. The molecule has 54 valence electrons. The number of hydrogen-bond donors (Lipinski definition) is 2. The quantitative estimate of drug-likeness (QED) is 0.596. The van der Waals surface area contributed by atoms with Gasteiger partial charge in [-0.3, -0.25) is 4.98 Å². The van der Waals surface area contributed by atoms with Crippen molar-refractivity contribution in [3.05, 3.63) is 29.6 Å². The van der Waals surface area contributed by atoms with Crippen LogP contribution in [0, 0.1) is 6.92 Å². The minimum absolute atomic E-state index is 0.404. The van der Waals surface area contributed by atoms with E-state index in [1.54, 1.807) is 6.20 Å². The van der Waals surface area contributed by atoms with Gasteiger partial charge < -0.3 is 5.21 Å². The zero-order chi connectivity index (χ0) is 7.40. The zero-order valence-electron chi connectivity index (χ0n) is 5.83. The second kappa shape index (κ2) is 3.29. The third-order valence-corrected chi connectivity index (χ3v) is 1.23. The summed E-state index contributed by atoms with van der Waals surface area (Å²) in [6.07, 6.45) is 1.72. The van der Waals surface area contributed by atoms with Gasteiger partial charge in [-0.05, 0) is 24.6 Å². The van der Waals surface area contributed by atoms with Gasteiger partial charge in [-0.15, -0.1) is 0 Å². The maximum absolute atomic E-state index is 8.32. The van der Waals surface area contributed by atoms with Crippen LogP contribution in [0.4, 0.5) is 0 Å². The summed E-state index contributed by atoms with van der Waals surface area (Å²) in [5.41, 5.74) is 4.05. The summed E-state index contributed by atoms with van der Waals surface area (Å²) in [5.74, 6) is 0. The molecule has 0 atom stereocenters. The smallest absolute Gasteiger partial charge is 0.0631 e. The Kier molecular flexibility index (Phi) is 2.36. The van der Waals surface area contributed by atoms with Crippen molar-refractivity contribution in [2.75, 3.05) is 0 Å². The molecule has 0 spiro atoms. The van der Waals surface area contributed by atoms with E-state index in [4.69, 9.17) is 5.21 Å². The summed E-state index contributed by atoms with van der Waals surface area (Å²) >= 11 is 0. The number of pyridine rings is 1. The summed E-state index contributed by atoms with van der Waals surface area (Å²) in [6, 6.07) is 3.84. The van der Waals surface area contributed by atoms with E-state index >= 15 is 0 Å². The van der Waals surface area contributed by atoms with E-state index in [0.717, 1.165) is 11.3 Å². The Bertz CT molecular complexity index is 213. The normalized spacial score (nSPS) is 9.80. The number of nitrogens with one attached hydrogen (secondary N) is 1. The molecule has 0 aliphatic rings. The summed E-state index contributed by atoms with van der Waals surface area (Å²) < 4.78 is 0. The Morgan fingerprint density at radius 1 is 1.70 bits per heavy atom. The van der Waals surface area contributed by atoms with Crippen LogP contribution in [0.3, 0.4) is 0 Å². The van der Waals surface area contributed by atoms with Crippen molar-refractivity contribution in [2.45, 2.75) is 13.5 Å². The highest BCUT2D eigenvalue weighted by molar-refractivity contribution is 5.13. The number of aryl methyl sites for hydroxylation is 1. The first-order chi connectivity index (χ1) is 4.83. The molecule has 0 bridgehead atoms. The van der Waals surface area contributed by atoms with Gasteiger partial charge in [-0.25, -0.2) is 0 Å². The predicted molar refractivity (Wildman–Crippen MR) is 37.6 cm³/mol. The molecule has 0 saturated carbocycles. The van der Waals surface area contributed by atoms with Crippen molar-refractivity contribution in [1.29, 1.82) is 0 Å². The van der Waals surface area contributed by atoms with E-state index < -0.39 is 0 Å². The molecule has 0 saturated heterocycles. The van der Waals surface area contributed by atoms with Crippen LogP contribution in [0.5, 0.6) is 0 Å². The number of aromatic nitrogens is 1. The molecule has 0 aliphatic carbocycles. The van der Waals surface area contributed by atoms with Crippen LogP contribution >= 0.6 is 0 Å². The van der Waals surface area contributed by atoms with Crippen molar-refractivity contribution < 1.29 is 5.21 Å². The third kappa shape index (κ3) is 1.79. The van der Waals surface area contributed by atoms with Crippen molar-refractivity contribution in [3.8, 4) is 0 Å². The predicted octanol–water partition coefficient (Wildman–Crippen LogP) is 0.869. The van der Waals surface area contributed by atoms with Gasteiger partial charge in [-0.1, -0.05) is 0 Å². The Hall–Kier alpha value is -0.930. The lowest BCUT2D eigenvalue weighted by Crippen LogP contribution is -2.07. The summed E-state index contributed by atoms with van der Waals surface area (Å²) in [4.78, 5) is 4.01. The number of rotatable bonds is 2. The lowest BCUT2D eigenvalue weighted by molar-refractivity contribution is 0.160. The number of hydroxylamine groups is 1. The van der Waals surface area contributed by atoms with E-state index in [1.807, 2.05) is 24.5 Å². The molecule has 1 rings (SSSR count). The average molecular weight is 138 g/mol. The lowest BCUT2D eigenvalue weighted by Gasteiger charge is -1.97. The van der Waals surface area contributed by atoms with Crippen LogP contribution in [0.1, 0.15) is 11.3 Å². The molecule has 2 N–H and O–H groups in total. The average Bonchev–Trinajstić information content (AvgIpc) is 1.88. The molecular formula is C7H10N2O. The second-order valence-electron chi connectivity index (χ2n) is 2.16. The van der Waals surface area contributed by atoms with Gasteiger partial charge in [0.25, 0.3) is 0 Å². The molecule has 1 aromatic heterocycles. The third-order valence-electron chi connectivity index (χ3n) is 1.23. The number of nitrogens with zero attached hydrogens (tertiary/aromatic N) is 1. The SMILES string of the molecule is Cc1ccnc(CNO)c1. The van der Waals surface area contributed by atoms with Crippen LogP contribution in [0.15, 0.2) is 18.3 Å². The minimum atomic E-state index is 0.404. The highest BCUT2D eigenvalue weighted by atomic mass is 16.5. The molecule has 0 amide bonds. The van der Waals surface area contributed by atoms with Crippen molar-refractivity contribution in [1.82, 2.24) is 10.5 Å². The first-order valence-electron chi connectivity index (χ1n) is 3.11. The van der Waals surface area contributed by atoms with E-state index in [1.165, 1.54) is 0 Å². The first kappa shape index (κ1) is 7.18. The molecule has 3 nitrogen and oxygen atoms in total. The standard InChI is InChI=1S/C7H10N2O/c1-6-2-3-8-7(4-6)5-9-10/h2-4,9-10H,5H2,1H3. The topological polar surface area (TPSA) is 45.2 Å². The van der Waals surface area contributed by atoms with Gasteiger partial charge >= 0.3 is 0 Å². The molecule has 1 heterocycles. The van der Waals surface area contributed by atoms with Gasteiger partial charge in [0.15, 0.2) is 0 Å². The van der Waals surface area contributed by atoms with Crippen LogP contribution in [0.25, 0.3) is 0 Å². The molecule has 10 heavy (non-hydrogen) atoms. The summed E-state index contributed by atoms with van der Waals surface area (Å²) in [6.45, 7) is 2.39. The monoisotopic (exact) mass is 138 g/mol. The highest BCUT2D eigenvalue weighted by Crippen LogP contribution is 1.98. The fourth-order valence-corrected chi connectivity index (χ4v) is 0.776. The maximum Gasteiger partial charge on any atom is 0.0631 e. The van der Waals surface area contributed by atoms with E-state index in [2.05, 4.69) is 4.98 Å². The van der Waals surface area contributed by atoms with Gasteiger partial charge in [-0.2, -0.15) is 5.48 Å². The van der Waals surface area contributed by atoms with Crippen LogP contribution in [0.2, 0.25) is 0 Å². The van der Waals surface area contributed by atoms with Crippen LogP contribution in [-0.2, 0) is 6.54 Å². The minimum Gasteiger partial charge on any atom is -0.316 e. The van der Waals surface area contributed by atoms with Crippen LogP contribution in [-0.4, -0.2) is 10.2 Å². The summed E-state index contributed by atoms with van der Waals surface area (Å²) in [5, 5.41) is 8.32. The van der Waals surface area contributed by atoms with Crippen molar-refractivity contribution in [3.63, 3.8) is 0 Å². The Morgan fingerprint density at radius 3 is 3.10 bits per heavy atom. The molecular weight excluding hydrogens is 128 g/mol. The summed E-state index contributed by atoms with van der Waals surface area (Å²) in [7, 11) is 0. The van der Waals surface area contributed by atoms with E-state index in [9.17, 15) is 0 Å².